The molecule has 0 bridgehead atoms. The maximum Gasteiger partial charge on any atom is 0.263 e. The van der Waals surface area contributed by atoms with Crippen molar-refractivity contribution in [1.29, 1.82) is 0 Å². The zero-order valence-electron chi connectivity index (χ0n) is 20.3. The number of amides is 1. The number of fused-ring (bicyclic) bond motifs is 1. The predicted molar refractivity (Wildman–Crippen MR) is 139 cm³/mol. The predicted octanol–water partition coefficient (Wildman–Crippen LogP) is 5.22. The molecule has 0 radical (unpaired) electrons. The van der Waals surface area contributed by atoms with Gasteiger partial charge in [0.15, 0.2) is 11.9 Å². The van der Waals surface area contributed by atoms with E-state index in [1.54, 1.807) is 12.4 Å². The molecule has 2 aromatic carbocycles. The van der Waals surface area contributed by atoms with E-state index in [4.69, 9.17) is 14.7 Å². The summed E-state index contributed by atoms with van der Waals surface area (Å²) in [5, 5.41) is 0. The van der Waals surface area contributed by atoms with E-state index >= 15 is 0 Å². The molecule has 4 heterocycles. The molecule has 2 aliphatic rings. The lowest BCUT2D eigenvalue weighted by Crippen LogP contribution is -2.45. The number of benzene rings is 2. The maximum atomic E-state index is 13.2. The van der Waals surface area contributed by atoms with Crippen LogP contribution in [0.4, 0.5) is 0 Å². The van der Waals surface area contributed by atoms with Crippen LogP contribution in [0.3, 0.4) is 0 Å². The molecule has 0 aliphatic carbocycles. The van der Waals surface area contributed by atoms with Crippen molar-refractivity contribution in [2.45, 2.75) is 38.2 Å². The number of rotatable bonds is 4. The smallest absolute Gasteiger partial charge is 0.263 e. The van der Waals surface area contributed by atoms with Gasteiger partial charge in [0.1, 0.15) is 5.75 Å². The molecule has 0 saturated carbocycles. The first-order valence-corrected chi connectivity index (χ1v) is 12.5. The summed E-state index contributed by atoms with van der Waals surface area (Å²) < 4.78 is 5.97. The normalized spacial score (nSPS) is 17.5. The Balaban J connectivity index is 1.24. The minimum atomic E-state index is -0.417. The third-order valence-electron chi connectivity index (χ3n) is 7.20. The van der Waals surface area contributed by atoms with Crippen LogP contribution < -0.4 is 4.74 Å². The summed E-state index contributed by atoms with van der Waals surface area (Å²) in [5.41, 5.74) is 6.51. The zero-order valence-corrected chi connectivity index (χ0v) is 20.3. The van der Waals surface area contributed by atoms with Gasteiger partial charge in [0.2, 0.25) is 0 Å². The van der Waals surface area contributed by atoms with Gasteiger partial charge in [0.25, 0.3) is 5.91 Å². The van der Waals surface area contributed by atoms with Crippen molar-refractivity contribution in [2.24, 2.45) is 0 Å². The Kier molecular flexibility index (Phi) is 5.93. The molecule has 6 nitrogen and oxygen atoms in total. The van der Waals surface area contributed by atoms with Gasteiger partial charge in [-0.15, -0.1) is 0 Å². The van der Waals surface area contributed by atoms with Crippen LogP contribution in [0.25, 0.3) is 22.5 Å². The van der Waals surface area contributed by atoms with E-state index in [1.807, 2.05) is 47.5 Å². The highest BCUT2D eigenvalue weighted by molar-refractivity contribution is 5.83. The standard InChI is InChI=1S/C30H28N4O2/c1-20-5-4-7-23(17-20)25-19-32-29(22-9-13-31-14-10-22)33-28(25)21-11-15-34(16-12-21)30(35)27-18-24-6-2-3-8-26(24)36-27/h2-10,13-14,17,19,21,27H,11-12,15-16,18H2,1H3. The molecule has 0 N–H and O–H groups in total. The Labute approximate surface area is 211 Å². The fourth-order valence-electron chi connectivity index (χ4n) is 5.28. The van der Waals surface area contributed by atoms with Gasteiger partial charge in [-0.2, -0.15) is 0 Å². The van der Waals surface area contributed by atoms with E-state index in [0.717, 1.165) is 46.5 Å². The number of hydrogen-bond donors (Lipinski definition) is 0. The molecule has 6 heteroatoms. The minimum absolute atomic E-state index is 0.0868. The van der Waals surface area contributed by atoms with E-state index in [2.05, 4.69) is 36.2 Å². The Hall–Kier alpha value is -4.06. The molecule has 2 aromatic heterocycles. The van der Waals surface area contributed by atoms with E-state index in [0.29, 0.717) is 25.3 Å². The fraction of sp³-hybridized carbons (Fsp3) is 0.267. The van der Waals surface area contributed by atoms with Crippen molar-refractivity contribution >= 4 is 5.91 Å². The number of aromatic nitrogens is 3. The van der Waals surface area contributed by atoms with Crippen LogP contribution in [-0.4, -0.2) is 45.0 Å². The summed E-state index contributed by atoms with van der Waals surface area (Å²) in [7, 11) is 0. The lowest BCUT2D eigenvalue weighted by atomic mass is 9.88. The first-order chi connectivity index (χ1) is 17.7. The highest BCUT2D eigenvalue weighted by Crippen LogP contribution is 2.36. The number of piperidine rings is 1. The highest BCUT2D eigenvalue weighted by Gasteiger charge is 2.35. The van der Waals surface area contributed by atoms with Gasteiger partial charge >= 0.3 is 0 Å². The first-order valence-electron chi connectivity index (χ1n) is 12.5. The molecule has 2 aliphatic heterocycles. The van der Waals surface area contributed by atoms with Gasteiger partial charge < -0.3 is 9.64 Å². The van der Waals surface area contributed by atoms with Crippen molar-refractivity contribution in [3.8, 4) is 28.3 Å². The second-order valence-electron chi connectivity index (χ2n) is 9.62. The molecule has 1 fully saturated rings. The average Bonchev–Trinajstić information content (AvgIpc) is 3.37. The van der Waals surface area contributed by atoms with Crippen molar-refractivity contribution in [1.82, 2.24) is 19.9 Å². The number of carbonyl (C=O) groups excluding carboxylic acids is 1. The number of para-hydroxylation sites is 1. The van der Waals surface area contributed by atoms with Gasteiger partial charge in [-0.3, -0.25) is 9.78 Å². The molecule has 6 rings (SSSR count). The van der Waals surface area contributed by atoms with Gasteiger partial charge in [0.05, 0.1) is 5.69 Å². The third kappa shape index (κ3) is 4.35. The van der Waals surface area contributed by atoms with E-state index in [1.165, 1.54) is 5.56 Å². The third-order valence-corrected chi connectivity index (χ3v) is 7.20. The summed E-state index contributed by atoms with van der Waals surface area (Å²) in [5.74, 6) is 1.87. The summed E-state index contributed by atoms with van der Waals surface area (Å²) >= 11 is 0. The summed E-state index contributed by atoms with van der Waals surface area (Å²) in [6, 6.07) is 20.3. The molecule has 1 saturated heterocycles. The Morgan fingerprint density at radius 2 is 1.78 bits per heavy atom. The van der Waals surface area contributed by atoms with Crippen LogP contribution in [0.1, 0.15) is 35.6 Å². The topological polar surface area (TPSA) is 68.2 Å². The molecular formula is C30H28N4O2. The largest absolute Gasteiger partial charge is 0.480 e. The average molecular weight is 477 g/mol. The molecule has 0 spiro atoms. The highest BCUT2D eigenvalue weighted by atomic mass is 16.5. The number of nitrogens with zero attached hydrogens (tertiary/aromatic N) is 4. The molecule has 180 valence electrons. The lowest BCUT2D eigenvalue weighted by molar-refractivity contribution is -0.139. The molecule has 36 heavy (non-hydrogen) atoms. The van der Waals surface area contributed by atoms with E-state index in [9.17, 15) is 4.79 Å². The van der Waals surface area contributed by atoms with E-state index < -0.39 is 6.10 Å². The second kappa shape index (κ2) is 9.53. The number of ether oxygens (including phenoxy) is 1. The second-order valence-corrected chi connectivity index (χ2v) is 9.62. The first kappa shape index (κ1) is 22.4. The van der Waals surface area contributed by atoms with Gasteiger partial charge in [0, 0.05) is 55.1 Å². The molecule has 1 unspecified atom stereocenters. The van der Waals surface area contributed by atoms with Crippen molar-refractivity contribution in [3.63, 3.8) is 0 Å². The van der Waals surface area contributed by atoms with E-state index in [-0.39, 0.29) is 11.8 Å². The quantitative estimate of drug-likeness (QED) is 0.404. The summed E-state index contributed by atoms with van der Waals surface area (Å²) in [6.07, 6.45) is 7.43. The van der Waals surface area contributed by atoms with Gasteiger partial charge in [-0.05, 0) is 49.1 Å². The zero-order chi connectivity index (χ0) is 24.5. The molecule has 4 aromatic rings. The summed E-state index contributed by atoms with van der Waals surface area (Å²) in [6.45, 7) is 3.49. The SMILES string of the molecule is Cc1cccc(-c2cnc(-c3ccncc3)nc2C2CCN(C(=O)C3Cc4ccccc4O3)CC2)c1. The van der Waals surface area contributed by atoms with Gasteiger partial charge in [-0.25, -0.2) is 9.97 Å². The number of pyridine rings is 1. The number of aryl methyl sites for hydroxylation is 1. The fourth-order valence-corrected chi connectivity index (χ4v) is 5.28. The maximum absolute atomic E-state index is 13.2. The molecule has 1 atom stereocenters. The Morgan fingerprint density at radius 1 is 0.972 bits per heavy atom. The van der Waals surface area contributed by atoms with Crippen LogP contribution in [0.15, 0.2) is 79.3 Å². The monoisotopic (exact) mass is 476 g/mol. The Morgan fingerprint density at radius 3 is 2.56 bits per heavy atom. The minimum Gasteiger partial charge on any atom is -0.480 e. The lowest BCUT2D eigenvalue weighted by Gasteiger charge is -2.33. The molecule has 1 amide bonds. The number of carbonyl (C=O) groups is 1. The summed E-state index contributed by atoms with van der Waals surface area (Å²) in [4.78, 5) is 29.1. The Bertz CT molecular complexity index is 1370. The number of likely N-dealkylation sites (tertiary alicyclic amines) is 1. The van der Waals surface area contributed by atoms with Crippen LogP contribution in [0, 0.1) is 6.92 Å². The van der Waals surface area contributed by atoms with Crippen molar-refractivity contribution in [3.05, 3.63) is 96.1 Å². The van der Waals surface area contributed by atoms with Crippen LogP contribution in [0.5, 0.6) is 5.75 Å². The van der Waals surface area contributed by atoms with Crippen molar-refractivity contribution in [2.75, 3.05) is 13.1 Å². The molecular weight excluding hydrogens is 448 g/mol. The van der Waals surface area contributed by atoms with Crippen LogP contribution >= 0.6 is 0 Å². The van der Waals surface area contributed by atoms with Gasteiger partial charge in [-0.1, -0.05) is 48.0 Å². The van der Waals surface area contributed by atoms with Crippen LogP contribution in [0.2, 0.25) is 0 Å². The van der Waals surface area contributed by atoms with Crippen molar-refractivity contribution < 1.29 is 9.53 Å². The van der Waals surface area contributed by atoms with Crippen LogP contribution in [-0.2, 0) is 11.2 Å². The number of hydrogen-bond acceptors (Lipinski definition) is 5.